The summed E-state index contributed by atoms with van der Waals surface area (Å²) in [7, 11) is 0. The monoisotopic (exact) mass is 328 g/mol. The molecule has 0 aliphatic rings. The smallest absolute Gasteiger partial charge is 0.280 e. The Morgan fingerprint density at radius 1 is 1.79 bits per heavy atom. The number of amides is 1. The Hall–Kier alpha value is -0.250. The Bertz CT molecular complexity index is 318. The van der Waals surface area contributed by atoms with Crippen LogP contribution in [0.1, 0.15) is 9.80 Å². The van der Waals surface area contributed by atoms with Crippen LogP contribution in [0.5, 0.6) is 0 Å². The molecule has 0 saturated carbocycles. The van der Waals surface area contributed by atoms with Crippen LogP contribution in [0.3, 0.4) is 0 Å². The molecule has 1 aromatic rings. The Kier molecular flexibility index (Phi) is 4.72. The molecule has 0 spiro atoms. The number of rotatable bonds is 4. The van der Waals surface area contributed by atoms with E-state index in [-0.39, 0.29) is 19.1 Å². The van der Waals surface area contributed by atoms with E-state index in [4.69, 9.17) is 10.2 Å². The third-order valence-corrected chi connectivity index (χ3v) is 3.10. The molecule has 3 N–H and O–H groups in total. The van der Waals surface area contributed by atoms with Gasteiger partial charge < -0.3 is 15.5 Å². The molecule has 1 rings (SSSR count). The highest BCUT2D eigenvalue weighted by Gasteiger charge is 2.11. The van der Waals surface area contributed by atoms with Crippen LogP contribution in [0.4, 0.5) is 0 Å². The quantitative estimate of drug-likeness (QED) is 0.671. The molecule has 1 aromatic heterocycles. The minimum Gasteiger partial charge on any atom is -0.394 e. The van der Waals surface area contributed by atoms with Crippen LogP contribution < -0.4 is 5.32 Å². The van der Waals surface area contributed by atoms with Crippen molar-refractivity contribution in [3.8, 4) is 0 Å². The van der Waals surface area contributed by atoms with Crippen molar-refractivity contribution in [1.82, 2.24) is 10.3 Å². The molecule has 0 radical (unpaired) electrons. The molecule has 0 aromatic carbocycles. The first-order valence-corrected chi connectivity index (χ1v) is 5.71. The number of carbonyl (C=O) groups is 1. The topological polar surface area (TPSA) is 82.5 Å². The standard InChI is InChI=1S/C7H9IN2O3S/c8-5-2-10-7(14-5)6(13)9-1-4(12)3-11/h2,4,11-12H,1,3H2,(H,9,13)/t4-/m0/s1. The number of aromatic nitrogens is 1. The van der Waals surface area contributed by atoms with Crippen LogP contribution in [0.2, 0.25) is 0 Å². The number of hydrogen-bond acceptors (Lipinski definition) is 5. The Morgan fingerprint density at radius 2 is 2.50 bits per heavy atom. The maximum Gasteiger partial charge on any atom is 0.280 e. The first-order chi connectivity index (χ1) is 6.63. The second kappa shape index (κ2) is 5.59. The summed E-state index contributed by atoms with van der Waals surface area (Å²) < 4.78 is 0.926. The van der Waals surface area contributed by atoms with Gasteiger partial charge in [-0.25, -0.2) is 4.98 Å². The van der Waals surface area contributed by atoms with Gasteiger partial charge in [-0.15, -0.1) is 11.3 Å². The van der Waals surface area contributed by atoms with Crippen molar-refractivity contribution in [2.45, 2.75) is 6.10 Å². The highest BCUT2D eigenvalue weighted by Crippen LogP contribution is 2.14. The van der Waals surface area contributed by atoms with Gasteiger partial charge in [0.2, 0.25) is 0 Å². The fraction of sp³-hybridized carbons (Fsp3) is 0.429. The minimum absolute atomic E-state index is 0.0332. The summed E-state index contributed by atoms with van der Waals surface area (Å²) in [4.78, 5) is 15.2. The minimum atomic E-state index is -0.919. The van der Waals surface area contributed by atoms with Gasteiger partial charge in [-0.2, -0.15) is 0 Å². The van der Waals surface area contributed by atoms with Gasteiger partial charge in [0.05, 0.1) is 21.8 Å². The number of aliphatic hydroxyl groups is 2. The van der Waals surface area contributed by atoms with Crippen molar-refractivity contribution >= 4 is 39.8 Å². The average molecular weight is 328 g/mol. The Morgan fingerprint density at radius 3 is 3.00 bits per heavy atom. The molecule has 14 heavy (non-hydrogen) atoms. The second-order valence-electron chi connectivity index (χ2n) is 2.52. The highest BCUT2D eigenvalue weighted by molar-refractivity contribution is 14.1. The number of thiazole rings is 1. The van der Waals surface area contributed by atoms with E-state index in [1.807, 2.05) is 0 Å². The van der Waals surface area contributed by atoms with E-state index in [9.17, 15) is 4.79 Å². The fourth-order valence-corrected chi connectivity index (χ4v) is 2.04. The summed E-state index contributed by atoms with van der Waals surface area (Å²) in [5.74, 6) is -0.328. The van der Waals surface area contributed by atoms with Gasteiger partial charge in [0.15, 0.2) is 5.01 Å². The van der Waals surface area contributed by atoms with Gasteiger partial charge >= 0.3 is 0 Å². The van der Waals surface area contributed by atoms with Gasteiger partial charge in [-0.05, 0) is 22.6 Å². The first kappa shape index (κ1) is 11.8. The summed E-state index contributed by atoms with van der Waals surface area (Å²) >= 11 is 3.34. The number of hydrogen-bond donors (Lipinski definition) is 3. The van der Waals surface area contributed by atoms with E-state index in [0.717, 1.165) is 2.88 Å². The van der Waals surface area contributed by atoms with E-state index in [1.165, 1.54) is 11.3 Å². The lowest BCUT2D eigenvalue weighted by atomic mass is 10.4. The lowest BCUT2D eigenvalue weighted by Gasteiger charge is -2.06. The predicted octanol–water partition coefficient (Wildman–Crippen LogP) is -0.169. The van der Waals surface area contributed by atoms with Gasteiger partial charge in [0, 0.05) is 6.54 Å². The molecule has 7 heteroatoms. The molecule has 0 aliphatic heterocycles. The third kappa shape index (κ3) is 3.48. The maximum atomic E-state index is 11.3. The van der Waals surface area contributed by atoms with Crippen LogP contribution in [0, 0.1) is 2.88 Å². The van der Waals surface area contributed by atoms with Crippen LogP contribution in [0.25, 0.3) is 0 Å². The molecule has 1 heterocycles. The summed E-state index contributed by atoms with van der Waals surface area (Å²) in [6, 6.07) is 0. The van der Waals surface area contributed by atoms with Gasteiger partial charge in [-0.3, -0.25) is 4.79 Å². The van der Waals surface area contributed by atoms with Crippen LogP contribution in [-0.4, -0.2) is 40.4 Å². The summed E-state index contributed by atoms with van der Waals surface area (Å²) in [6.45, 7) is -0.332. The lowest BCUT2D eigenvalue weighted by molar-refractivity contribution is 0.0802. The largest absolute Gasteiger partial charge is 0.394 e. The summed E-state index contributed by atoms with van der Waals surface area (Å²) in [5, 5.41) is 20.3. The highest BCUT2D eigenvalue weighted by atomic mass is 127. The number of carbonyl (C=O) groups excluding carboxylic acids is 1. The van der Waals surface area contributed by atoms with Gasteiger partial charge in [0.1, 0.15) is 0 Å². The normalized spacial score (nSPS) is 12.5. The Labute approximate surface area is 98.3 Å². The van der Waals surface area contributed by atoms with Crippen LogP contribution >= 0.6 is 33.9 Å². The SMILES string of the molecule is O=C(NC[C@H](O)CO)c1ncc(I)s1. The first-order valence-electron chi connectivity index (χ1n) is 3.82. The molecule has 0 fully saturated rings. The second-order valence-corrected chi connectivity index (χ2v) is 5.44. The number of nitrogens with one attached hydrogen (secondary N) is 1. The zero-order valence-corrected chi connectivity index (χ0v) is 10.1. The summed E-state index contributed by atoms with van der Waals surface area (Å²) in [5.41, 5.74) is 0. The molecule has 78 valence electrons. The van der Waals surface area contributed by atoms with Crippen molar-refractivity contribution in [2.75, 3.05) is 13.2 Å². The Balaban J connectivity index is 2.43. The number of nitrogens with zero attached hydrogens (tertiary/aromatic N) is 1. The van der Waals surface area contributed by atoms with Crippen molar-refractivity contribution in [3.05, 3.63) is 14.1 Å². The molecule has 0 saturated heterocycles. The fourth-order valence-electron chi connectivity index (χ4n) is 0.710. The zero-order valence-electron chi connectivity index (χ0n) is 7.11. The van der Waals surface area contributed by atoms with E-state index < -0.39 is 6.10 Å². The molecule has 1 amide bonds. The predicted molar refractivity (Wildman–Crippen MR) is 60.3 cm³/mol. The molecule has 5 nitrogen and oxygen atoms in total. The van der Waals surface area contributed by atoms with Crippen molar-refractivity contribution in [2.24, 2.45) is 0 Å². The molecular formula is C7H9IN2O3S. The molecule has 1 atom stereocenters. The van der Waals surface area contributed by atoms with Gasteiger partial charge in [0.25, 0.3) is 5.91 Å². The zero-order chi connectivity index (χ0) is 10.6. The van der Waals surface area contributed by atoms with Crippen molar-refractivity contribution in [3.63, 3.8) is 0 Å². The van der Waals surface area contributed by atoms with Crippen LogP contribution in [0.15, 0.2) is 6.20 Å². The van der Waals surface area contributed by atoms with Gasteiger partial charge in [-0.1, -0.05) is 0 Å². The third-order valence-electron chi connectivity index (χ3n) is 1.38. The van der Waals surface area contributed by atoms with Crippen molar-refractivity contribution in [1.29, 1.82) is 0 Å². The van der Waals surface area contributed by atoms with E-state index in [2.05, 4.69) is 32.9 Å². The van der Waals surface area contributed by atoms with Crippen LogP contribution in [-0.2, 0) is 0 Å². The summed E-state index contributed by atoms with van der Waals surface area (Å²) in [6.07, 6.45) is 0.681. The van der Waals surface area contributed by atoms with Crippen molar-refractivity contribution < 1.29 is 15.0 Å². The molecule has 0 aliphatic carbocycles. The maximum absolute atomic E-state index is 11.3. The van der Waals surface area contributed by atoms with E-state index >= 15 is 0 Å². The molecule has 0 unspecified atom stereocenters. The molecular weight excluding hydrogens is 319 g/mol. The molecule has 0 bridgehead atoms. The number of aliphatic hydroxyl groups excluding tert-OH is 2. The van der Waals surface area contributed by atoms with E-state index in [1.54, 1.807) is 6.20 Å². The lowest BCUT2D eigenvalue weighted by Crippen LogP contribution is -2.33. The average Bonchev–Trinajstić information content (AvgIpc) is 2.60. The van der Waals surface area contributed by atoms with E-state index in [0.29, 0.717) is 5.01 Å². The number of halogens is 1.